The first-order valence-corrected chi connectivity index (χ1v) is 8.06. The highest BCUT2D eigenvalue weighted by atomic mass is 32.2. The minimum Gasteiger partial charge on any atom is -0.388 e. The molecule has 0 aliphatic carbocycles. The molecular formula is C16H23NOS. The van der Waals surface area contributed by atoms with Crippen LogP contribution in [0.1, 0.15) is 30.6 Å². The molecule has 0 bridgehead atoms. The molecule has 1 aliphatic rings. The van der Waals surface area contributed by atoms with E-state index in [2.05, 4.69) is 29.9 Å². The first-order chi connectivity index (χ1) is 9.07. The zero-order chi connectivity index (χ0) is 13.9. The smallest absolute Gasteiger partial charge is 0.0840 e. The molecule has 1 aromatic carbocycles. The van der Waals surface area contributed by atoms with E-state index in [0.29, 0.717) is 0 Å². The van der Waals surface area contributed by atoms with Crippen molar-refractivity contribution in [2.24, 2.45) is 0 Å². The summed E-state index contributed by atoms with van der Waals surface area (Å²) in [6.45, 7) is 7.82. The first kappa shape index (κ1) is 14.5. The molecule has 1 aromatic rings. The fourth-order valence-corrected chi connectivity index (χ4v) is 3.94. The highest BCUT2D eigenvalue weighted by Crippen LogP contribution is 2.43. The molecule has 1 N–H and O–H groups in total. The highest BCUT2D eigenvalue weighted by Gasteiger charge is 2.40. The third kappa shape index (κ3) is 3.15. The van der Waals surface area contributed by atoms with E-state index in [4.69, 9.17) is 0 Å². The number of thioether (sulfide) groups is 1. The summed E-state index contributed by atoms with van der Waals surface area (Å²) in [4.78, 5) is 2.26. The number of hydrogen-bond donors (Lipinski definition) is 1. The molecule has 3 heteroatoms. The fraction of sp³-hybridized carbons (Fsp3) is 0.500. The van der Waals surface area contributed by atoms with Gasteiger partial charge in [-0.15, -0.1) is 0 Å². The highest BCUT2D eigenvalue weighted by molar-refractivity contribution is 7.98. The van der Waals surface area contributed by atoms with Crippen molar-refractivity contribution in [3.63, 3.8) is 0 Å². The van der Waals surface area contributed by atoms with Crippen molar-refractivity contribution in [1.29, 1.82) is 0 Å². The summed E-state index contributed by atoms with van der Waals surface area (Å²) in [6.07, 6.45) is 3.70. The standard InChI is InChI=1S/C16H23NOS/c1-13(2)17-11-9-16(18,10-12-17)15(19-3)14-7-5-4-6-8-14/h4-8,15,18H,1,9-12H2,2-3H3. The lowest BCUT2D eigenvalue weighted by molar-refractivity contribution is -0.0156. The molecule has 2 rings (SSSR count). The van der Waals surface area contributed by atoms with Gasteiger partial charge in [0.2, 0.25) is 0 Å². The Labute approximate surface area is 120 Å². The number of likely N-dealkylation sites (tertiary alicyclic amines) is 1. The van der Waals surface area contributed by atoms with E-state index in [1.807, 2.05) is 25.1 Å². The average Bonchev–Trinajstić information content (AvgIpc) is 2.41. The molecule has 19 heavy (non-hydrogen) atoms. The lowest BCUT2D eigenvalue weighted by atomic mass is 9.84. The molecule has 2 nitrogen and oxygen atoms in total. The monoisotopic (exact) mass is 277 g/mol. The molecule has 1 fully saturated rings. The van der Waals surface area contributed by atoms with Gasteiger partial charge in [-0.2, -0.15) is 11.8 Å². The largest absolute Gasteiger partial charge is 0.388 e. The van der Waals surface area contributed by atoms with E-state index in [9.17, 15) is 5.11 Å². The Hall–Kier alpha value is -0.930. The van der Waals surface area contributed by atoms with Crippen LogP contribution in [0.15, 0.2) is 42.6 Å². The van der Waals surface area contributed by atoms with Gasteiger partial charge in [0.15, 0.2) is 0 Å². The molecule has 0 spiro atoms. The number of piperidine rings is 1. The fourth-order valence-electron chi connectivity index (χ4n) is 2.83. The van der Waals surface area contributed by atoms with Crippen LogP contribution in [0, 0.1) is 0 Å². The summed E-state index contributed by atoms with van der Waals surface area (Å²) in [7, 11) is 0. The zero-order valence-electron chi connectivity index (χ0n) is 11.8. The Bertz CT molecular complexity index is 424. The number of aliphatic hydroxyl groups is 1. The Morgan fingerprint density at radius 1 is 1.32 bits per heavy atom. The van der Waals surface area contributed by atoms with Gasteiger partial charge in [-0.25, -0.2) is 0 Å². The Morgan fingerprint density at radius 3 is 2.37 bits per heavy atom. The SMILES string of the molecule is C=C(C)N1CCC(O)(C(SC)c2ccccc2)CC1. The van der Waals surface area contributed by atoms with Gasteiger partial charge in [0, 0.05) is 18.8 Å². The van der Waals surface area contributed by atoms with Crippen LogP contribution in [0.5, 0.6) is 0 Å². The number of nitrogens with zero attached hydrogens (tertiary/aromatic N) is 1. The van der Waals surface area contributed by atoms with Gasteiger partial charge in [0.1, 0.15) is 0 Å². The molecule has 0 amide bonds. The number of hydrogen-bond acceptors (Lipinski definition) is 3. The predicted octanol–water partition coefficient (Wildman–Crippen LogP) is 3.45. The Morgan fingerprint density at radius 2 is 1.89 bits per heavy atom. The second kappa shape index (κ2) is 6.02. The van der Waals surface area contributed by atoms with Crippen molar-refractivity contribution in [3.8, 4) is 0 Å². The molecule has 0 radical (unpaired) electrons. The van der Waals surface area contributed by atoms with Gasteiger partial charge in [0.05, 0.1) is 10.9 Å². The minimum atomic E-state index is -0.604. The summed E-state index contributed by atoms with van der Waals surface area (Å²) < 4.78 is 0. The van der Waals surface area contributed by atoms with Gasteiger partial charge in [0.25, 0.3) is 0 Å². The van der Waals surface area contributed by atoms with Gasteiger partial charge >= 0.3 is 0 Å². The van der Waals surface area contributed by atoms with E-state index in [1.165, 1.54) is 5.56 Å². The van der Waals surface area contributed by atoms with Crippen LogP contribution in [-0.2, 0) is 0 Å². The van der Waals surface area contributed by atoms with Gasteiger partial charge < -0.3 is 10.0 Å². The maximum atomic E-state index is 11.0. The molecule has 1 heterocycles. The molecule has 0 aromatic heterocycles. The van der Waals surface area contributed by atoms with Crippen LogP contribution in [0.3, 0.4) is 0 Å². The van der Waals surface area contributed by atoms with E-state index >= 15 is 0 Å². The molecule has 1 atom stereocenters. The van der Waals surface area contributed by atoms with Crippen molar-refractivity contribution in [2.45, 2.75) is 30.6 Å². The quantitative estimate of drug-likeness (QED) is 0.912. The van der Waals surface area contributed by atoms with Crippen LogP contribution in [0.2, 0.25) is 0 Å². The molecular weight excluding hydrogens is 254 g/mol. The first-order valence-electron chi connectivity index (χ1n) is 6.77. The van der Waals surface area contributed by atoms with Crippen LogP contribution in [0.25, 0.3) is 0 Å². The lowest BCUT2D eigenvalue weighted by Crippen LogP contribution is -2.46. The van der Waals surface area contributed by atoms with Crippen molar-refractivity contribution in [3.05, 3.63) is 48.2 Å². The number of rotatable bonds is 4. The number of benzene rings is 1. The number of allylic oxidation sites excluding steroid dienone is 1. The minimum absolute atomic E-state index is 0.154. The normalized spacial score (nSPS) is 20.1. The van der Waals surface area contributed by atoms with E-state index in [1.54, 1.807) is 11.8 Å². The Balaban J connectivity index is 2.13. The zero-order valence-corrected chi connectivity index (χ0v) is 12.6. The maximum Gasteiger partial charge on any atom is 0.0840 e. The molecule has 1 saturated heterocycles. The third-order valence-electron chi connectivity index (χ3n) is 4.00. The van der Waals surface area contributed by atoms with Crippen LogP contribution in [-0.4, -0.2) is 35.0 Å². The van der Waals surface area contributed by atoms with Gasteiger partial charge in [-0.3, -0.25) is 0 Å². The molecule has 1 aliphatic heterocycles. The summed E-state index contributed by atoms with van der Waals surface area (Å²) in [5, 5.41) is 11.2. The summed E-state index contributed by atoms with van der Waals surface area (Å²) >= 11 is 1.75. The second-order valence-electron chi connectivity index (χ2n) is 5.35. The van der Waals surface area contributed by atoms with E-state index in [0.717, 1.165) is 31.6 Å². The van der Waals surface area contributed by atoms with Crippen molar-refractivity contribution >= 4 is 11.8 Å². The Kier molecular flexibility index (Phi) is 4.58. The maximum absolute atomic E-state index is 11.0. The summed E-state index contributed by atoms with van der Waals surface area (Å²) in [5.41, 5.74) is 1.72. The van der Waals surface area contributed by atoms with Gasteiger partial charge in [-0.1, -0.05) is 36.9 Å². The van der Waals surface area contributed by atoms with E-state index < -0.39 is 5.60 Å². The molecule has 104 valence electrons. The van der Waals surface area contributed by atoms with Crippen molar-refractivity contribution < 1.29 is 5.11 Å². The lowest BCUT2D eigenvalue weighted by Gasteiger charge is -2.43. The van der Waals surface area contributed by atoms with E-state index in [-0.39, 0.29) is 5.25 Å². The molecule has 0 saturated carbocycles. The topological polar surface area (TPSA) is 23.5 Å². The summed E-state index contributed by atoms with van der Waals surface area (Å²) in [6, 6.07) is 10.3. The van der Waals surface area contributed by atoms with Crippen molar-refractivity contribution in [2.75, 3.05) is 19.3 Å². The van der Waals surface area contributed by atoms with Crippen molar-refractivity contribution in [1.82, 2.24) is 4.90 Å². The summed E-state index contributed by atoms with van der Waals surface area (Å²) in [5.74, 6) is 0. The van der Waals surface area contributed by atoms with Crippen LogP contribution in [0.4, 0.5) is 0 Å². The van der Waals surface area contributed by atoms with Crippen LogP contribution >= 0.6 is 11.8 Å². The van der Waals surface area contributed by atoms with Gasteiger partial charge in [-0.05, 0) is 31.6 Å². The third-order valence-corrected chi connectivity index (χ3v) is 5.18. The second-order valence-corrected chi connectivity index (χ2v) is 6.30. The molecule has 1 unspecified atom stereocenters. The van der Waals surface area contributed by atoms with Crippen LogP contribution < -0.4 is 0 Å². The predicted molar refractivity (Wildman–Crippen MR) is 83.3 cm³/mol. The average molecular weight is 277 g/mol.